The van der Waals surface area contributed by atoms with Gasteiger partial charge in [0, 0.05) is 16.1 Å². The molecule has 7 heteroatoms. The topological polar surface area (TPSA) is 66.8 Å². The van der Waals surface area contributed by atoms with Gasteiger partial charge in [-0.3, -0.25) is 14.5 Å². The van der Waals surface area contributed by atoms with Crippen LogP contribution in [-0.2, 0) is 9.59 Å². The molecule has 1 amide bonds. The Morgan fingerprint density at radius 2 is 1.88 bits per heavy atom. The second kappa shape index (κ2) is 8.59. The van der Waals surface area contributed by atoms with E-state index in [1.807, 2.05) is 32.2 Å². The summed E-state index contributed by atoms with van der Waals surface area (Å²) in [6.07, 6.45) is -0.0697. The van der Waals surface area contributed by atoms with Crippen LogP contribution >= 0.6 is 11.3 Å². The van der Waals surface area contributed by atoms with Crippen LogP contribution in [0.25, 0.3) is 5.76 Å². The quantitative estimate of drug-likeness (QED) is 0.311. The van der Waals surface area contributed by atoms with E-state index >= 15 is 0 Å². The number of carbonyl (C=O) groups excluding carboxylic acids is 2. The van der Waals surface area contributed by atoms with Gasteiger partial charge in [0.2, 0.25) is 0 Å². The molecule has 1 fully saturated rings. The monoisotopic (exact) mass is 451 g/mol. The molecule has 0 radical (unpaired) electrons. The van der Waals surface area contributed by atoms with E-state index in [1.165, 1.54) is 34.4 Å². The van der Waals surface area contributed by atoms with Crippen molar-refractivity contribution in [1.29, 1.82) is 0 Å². The van der Waals surface area contributed by atoms with Gasteiger partial charge in [-0.15, -0.1) is 11.3 Å². The van der Waals surface area contributed by atoms with E-state index in [2.05, 4.69) is 0 Å². The molecule has 2 heterocycles. The molecule has 0 aliphatic carbocycles. The summed E-state index contributed by atoms with van der Waals surface area (Å²) in [7, 11) is 0. The van der Waals surface area contributed by atoms with Crippen molar-refractivity contribution in [2.75, 3.05) is 4.90 Å². The summed E-state index contributed by atoms with van der Waals surface area (Å²) in [6, 6.07) is 13.3. The van der Waals surface area contributed by atoms with E-state index in [9.17, 15) is 19.1 Å². The Kier molecular flexibility index (Phi) is 5.84. The van der Waals surface area contributed by atoms with Crippen molar-refractivity contribution in [3.05, 3.63) is 87.4 Å². The molecule has 1 N–H and O–H groups in total. The van der Waals surface area contributed by atoms with Crippen LogP contribution in [0.2, 0.25) is 0 Å². The third kappa shape index (κ3) is 3.91. The number of thiophene rings is 1. The van der Waals surface area contributed by atoms with Crippen molar-refractivity contribution >= 4 is 34.5 Å². The first kappa shape index (κ1) is 21.8. The van der Waals surface area contributed by atoms with E-state index in [1.54, 1.807) is 30.3 Å². The van der Waals surface area contributed by atoms with Gasteiger partial charge in [-0.1, -0.05) is 18.2 Å². The van der Waals surface area contributed by atoms with Crippen molar-refractivity contribution < 1.29 is 23.8 Å². The minimum atomic E-state index is -0.869. The predicted octanol–water partition coefficient (Wildman–Crippen LogP) is 5.61. The summed E-state index contributed by atoms with van der Waals surface area (Å²) in [6.45, 7) is 5.64. The van der Waals surface area contributed by atoms with Crippen LogP contribution in [0.3, 0.4) is 0 Å². The molecular weight excluding hydrogens is 429 g/mol. The highest BCUT2D eigenvalue weighted by atomic mass is 32.1. The first-order valence-electron chi connectivity index (χ1n) is 10.2. The number of halogens is 1. The van der Waals surface area contributed by atoms with Crippen LogP contribution < -0.4 is 9.64 Å². The van der Waals surface area contributed by atoms with E-state index in [-0.39, 0.29) is 23.1 Å². The zero-order chi connectivity index (χ0) is 23.0. The molecule has 1 saturated heterocycles. The van der Waals surface area contributed by atoms with Crippen molar-refractivity contribution in [2.45, 2.75) is 32.9 Å². The number of carbonyl (C=O) groups is 2. The lowest BCUT2D eigenvalue weighted by Gasteiger charge is -2.25. The lowest BCUT2D eigenvalue weighted by atomic mass is 9.98. The summed E-state index contributed by atoms with van der Waals surface area (Å²) < 4.78 is 19.7. The summed E-state index contributed by atoms with van der Waals surface area (Å²) >= 11 is 1.37. The molecule has 4 rings (SSSR count). The summed E-state index contributed by atoms with van der Waals surface area (Å²) in [4.78, 5) is 28.2. The molecule has 0 saturated carbocycles. The Morgan fingerprint density at radius 3 is 2.53 bits per heavy atom. The number of hydrogen-bond acceptors (Lipinski definition) is 5. The third-order valence-corrected chi connectivity index (χ3v) is 6.23. The maximum atomic E-state index is 14.0. The summed E-state index contributed by atoms with van der Waals surface area (Å²) in [5.74, 6) is -1.92. The highest BCUT2D eigenvalue weighted by molar-refractivity contribution is 7.10. The van der Waals surface area contributed by atoms with Crippen LogP contribution in [-0.4, -0.2) is 22.9 Å². The fourth-order valence-corrected chi connectivity index (χ4v) is 4.81. The number of aliphatic hydroxyl groups is 1. The van der Waals surface area contributed by atoms with Crippen molar-refractivity contribution in [2.24, 2.45) is 0 Å². The zero-order valence-electron chi connectivity index (χ0n) is 17.8. The van der Waals surface area contributed by atoms with Crippen LogP contribution in [0, 0.1) is 12.7 Å². The van der Waals surface area contributed by atoms with E-state index < -0.39 is 23.5 Å². The smallest absolute Gasteiger partial charge is 0.300 e. The number of rotatable bonds is 5. The first-order valence-corrected chi connectivity index (χ1v) is 11.0. The Labute approximate surface area is 189 Å². The molecule has 0 spiro atoms. The fraction of sp³-hybridized carbons (Fsp3) is 0.200. The van der Waals surface area contributed by atoms with Crippen LogP contribution in [0.1, 0.15) is 35.9 Å². The number of aryl methyl sites for hydroxylation is 1. The molecule has 2 aromatic carbocycles. The van der Waals surface area contributed by atoms with Crippen LogP contribution in [0.4, 0.5) is 10.1 Å². The molecule has 0 bridgehead atoms. The van der Waals surface area contributed by atoms with Gasteiger partial charge in [-0.25, -0.2) is 4.39 Å². The maximum Gasteiger partial charge on any atom is 0.300 e. The largest absolute Gasteiger partial charge is 0.507 e. The van der Waals surface area contributed by atoms with Gasteiger partial charge in [0.25, 0.3) is 11.7 Å². The van der Waals surface area contributed by atoms with Gasteiger partial charge < -0.3 is 9.84 Å². The Morgan fingerprint density at radius 1 is 1.12 bits per heavy atom. The predicted molar refractivity (Wildman–Crippen MR) is 122 cm³/mol. The second-order valence-corrected chi connectivity index (χ2v) is 8.76. The third-order valence-electron chi connectivity index (χ3n) is 5.16. The average Bonchev–Trinajstić information content (AvgIpc) is 3.28. The van der Waals surface area contributed by atoms with Crippen LogP contribution in [0.15, 0.2) is 65.6 Å². The number of Topliss-reactive ketones (excluding diaryl/α,β-unsaturated/α-hetero) is 1. The molecule has 5 nitrogen and oxygen atoms in total. The molecule has 1 aliphatic heterocycles. The van der Waals surface area contributed by atoms with E-state index in [0.29, 0.717) is 11.3 Å². The summed E-state index contributed by atoms with van der Waals surface area (Å²) in [5.41, 5.74) is 1.44. The second-order valence-electron chi connectivity index (χ2n) is 7.81. The summed E-state index contributed by atoms with van der Waals surface area (Å²) in [5, 5.41) is 13.1. The fourth-order valence-electron chi connectivity index (χ4n) is 3.78. The lowest BCUT2D eigenvalue weighted by molar-refractivity contribution is -0.132. The zero-order valence-corrected chi connectivity index (χ0v) is 18.7. The van der Waals surface area contributed by atoms with Crippen LogP contribution in [0.5, 0.6) is 5.75 Å². The van der Waals surface area contributed by atoms with E-state index in [0.717, 1.165) is 10.4 Å². The molecular formula is C25H22FNO4S. The number of ketones is 1. The van der Waals surface area contributed by atoms with Gasteiger partial charge in [-0.2, -0.15) is 0 Å². The van der Waals surface area contributed by atoms with Crippen molar-refractivity contribution in [1.82, 2.24) is 0 Å². The van der Waals surface area contributed by atoms with E-state index in [4.69, 9.17) is 4.74 Å². The number of ether oxygens (including phenoxy) is 1. The molecule has 1 aliphatic rings. The molecule has 32 heavy (non-hydrogen) atoms. The lowest BCUT2D eigenvalue weighted by Crippen LogP contribution is -2.29. The van der Waals surface area contributed by atoms with Crippen molar-refractivity contribution in [3.8, 4) is 5.75 Å². The standard InChI is InChI=1S/C25H22FNO4S/c1-14(2)31-19-9-4-6-16(12-19)22(28)20-21(24-15(3)10-11-32-24)27(25(30)23(20)29)18-8-5-7-17(26)13-18/h4-14,21,28H,1-3H3/b22-20-. The van der Waals surface area contributed by atoms with Gasteiger partial charge in [-0.05, 0) is 68.1 Å². The molecule has 3 aromatic rings. The minimum Gasteiger partial charge on any atom is -0.507 e. The van der Waals surface area contributed by atoms with Gasteiger partial charge in [0.05, 0.1) is 11.7 Å². The van der Waals surface area contributed by atoms with Gasteiger partial charge >= 0.3 is 0 Å². The van der Waals surface area contributed by atoms with Gasteiger partial charge in [0.15, 0.2) is 0 Å². The number of anilines is 1. The number of aliphatic hydroxyl groups excluding tert-OH is 1. The molecule has 1 aromatic heterocycles. The normalized spacial score (nSPS) is 17.9. The molecule has 1 atom stereocenters. The number of amides is 1. The Hall–Kier alpha value is -3.45. The molecule has 164 valence electrons. The number of benzene rings is 2. The van der Waals surface area contributed by atoms with Gasteiger partial charge in [0.1, 0.15) is 23.4 Å². The van der Waals surface area contributed by atoms with Crippen molar-refractivity contribution in [3.63, 3.8) is 0 Å². The SMILES string of the molecule is Cc1ccsc1C1/C(=C(/O)c2cccc(OC(C)C)c2)C(=O)C(=O)N1c1cccc(F)c1. The molecule has 1 unspecified atom stereocenters. The first-order chi connectivity index (χ1) is 15.3. The Balaban J connectivity index is 1.91. The highest BCUT2D eigenvalue weighted by Gasteiger charge is 2.48. The maximum absolute atomic E-state index is 14.0. The minimum absolute atomic E-state index is 0.0356. The Bertz CT molecular complexity index is 1230. The number of hydrogen-bond donors (Lipinski definition) is 1. The average molecular weight is 452 g/mol. The highest BCUT2D eigenvalue weighted by Crippen LogP contribution is 2.45. The number of nitrogens with zero attached hydrogens (tertiary/aromatic N) is 1.